The third kappa shape index (κ3) is 3.18. The highest BCUT2D eigenvalue weighted by Crippen LogP contribution is 2.09. The molecule has 6 heteroatoms. The molecule has 0 spiro atoms. The van der Waals surface area contributed by atoms with E-state index in [1.54, 1.807) is 0 Å². The van der Waals surface area contributed by atoms with Crippen LogP contribution in [0.3, 0.4) is 0 Å². The van der Waals surface area contributed by atoms with Crippen LogP contribution in [-0.4, -0.2) is 60.4 Å². The number of nitrogens with zero attached hydrogens (tertiary/aromatic N) is 2. The van der Waals surface area contributed by atoms with E-state index in [0.29, 0.717) is 13.1 Å². The number of esters is 1. The maximum absolute atomic E-state index is 11.7. The van der Waals surface area contributed by atoms with Gasteiger partial charge in [-0.25, -0.2) is 0 Å². The van der Waals surface area contributed by atoms with Crippen LogP contribution in [0.2, 0.25) is 0 Å². The van der Waals surface area contributed by atoms with E-state index in [0.717, 1.165) is 0 Å². The molecule has 1 rings (SSSR count). The average molecular weight is 242 g/mol. The van der Waals surface area contributed by atoms with Gasteiger partial charge in [0.1, 0.15) is 0 Å². The van der Waals surface area contributed by atoms with Crippen LogP contribution >= 0.6 is 0 Å². The lowest BCUT2D eigenvalue weighted by Crippen LogP contribution is -2.56. The zero-order valence-electron chi connectivity index (χ0n) is 10.4. The summed E-state index contributed by atoms with van der Waals surface area (Å²) in [6, 6.07) is 0.0224. The van der Waals surface area contributed by atoms with Crippen molar-refractivity contribution < 1.29 is 19.1 Å². The average Bonchev–Trinajstić information content (AvgIpc) is 2.30. The van der Waals surface area contributed by atoms with Crippen molar-refractivity contribution >= 4 is 17.8 Å². The van der Waals surface area contributed by atoms with Crippen LogP contribution in [0.1, 0.15) is 20.3 Å². The van der Waals surface area contributed by atoms with Gasteiger partial charge in [0.25, 0.3) is 0 Å². The van der Waals surface area contributed by atoms with Crippen molar-refractivity contribution in [3.8, 4) is 0 Å². The second-order valence-electron chi connectivity index (χ2n) is 4.21. The molecule has 0 aromatic rings. The van der Waals surface area contributed by atoms with Crippen LogP contribution in [0, 0.1) is 0 Å². The van der Waals surface area contributed by atoms with Crippen molar-refractivity contribution in [1.29, 1.82) is 0 Å². The summed E-state index contributed by atoms with van der Waals surface area (Å²) in [6.07, 6.45) is 0.122. The zero-order valence-corrected chi connectivity index (χ0v) is 10.4. The first-order valence-corrected chi connectivity index (χ1v) is 5.64. The fraction of sp³-hybridized carbons (Fsp3) is 0.727. The molecule has 6 nitrogen and oxygen atoms in total. The van der Waals surface area contributed by atoms with Crippen molar-refractivity contribution in [2.75, 3.05) is 26.7 Å². The Morgan fingerprint density at radius 2 is 1.94 bits per heavy atom. The van der Waals surface area contributed by atoms with E-state index in [-0.39, 0.29) is 25.0 Å². The predicted octanol–water partition coefficient (Wildman–Crippen LogP) is -0.371. The van der Waals surface area contributed by atoms with Gasteiger partial charge < -0.3 is 14.5 Å². The highest BCUT2D eigenvalue weighted by Gasteiger charge is 2.33. The number of carbonyl (C=O) groups excluding carboxylic acids is 3. The molecule has 96 valence electrons. The summed E-state index contributed by atoms with van der Waals surface area (Å²) in [4.78, 5) is 37.3. The van der Waals surface area contributed by atoms with E-state index < -0.39 is 11.8 Å². The van der Waals surface area contributed by atoms with Gasteiger partial charge in [-0.15, -0.1) is 0 Å². The van der Waals surface area contributed by atoms with Gasteiger partial charge in [0.15, 0.2) is 0 Å². The molecule has 17 heavy (non-hydrogen) atoms. The lowest BCUT2D eigenvalue weighted by molar-refractivity contribution is -0.158. The Labute approximate surface area is 101 Å². The number of methoxy groups -OCH3 is 1. The van der Waals surface area contributed by atoms with Gasteiger partial charge >= 0.3 is 17.8 Å². The molecular formula is C11H18N2O4. The maximum Gasteiger partial charge on any atom is 0.312 e. The fourth-order valence-electron chi connectivity index (χ4n) is 1.72. The Hall–Kier alpha value is -1.59. The second-order valence-corrected chi connectivity index (χ2v) is 4.21. The fourth-order valence-corrected chi connectivity index (χ4v) is 1.72. The monoisotopic (exact) mass is 242 g/mol. The molecule has 0 unspecified atom stereocenters. The molecule has 1 fully saturated rings. The largest absolute Gasteiger partial charge is 0.469 e. The Balaban J connectivity index is 2.54. The van der Waals surface area contributed by atoms with E-state index in [1.165, 1.54) is 16.9 Å². The van der Waals surface area contributed by atoms with Gasteiger partial charge in [0, 0.05) is 25.7 Å². The van der Waals surface area contributed by atoms with Gasteiger partial charge in [-0.05, 0) is 13.8 Å². The number of carbonyl (C=O) groups is 3. The Kier molecular flexibility index (Phi) is 4.48. The van der Waals surface area contributed by atoms with Gasteiger partial charge in [0.05, 0.1) is 13.5 Å². The molecule has 0 radical (unpaired) electrons. The lowest BCUT2D eigenvalue weighted by atomic mass is 10.2. The lowest BCUT2D eigenvalue weighted by Gasteiger charge is -2.35. The summed E-state index contributed by atoms with van der Waals surface area (Å²) in [5.74, 6) is -1.40. The number of rotatable bonds is 4. The van der Waals surface area contributed by atoms with Crippen LogP contribution in [-0.2, 0) is 19.1 Å². The van der Waals surface area contributed by atoms with Crippen molar-refractivity contribution in [2.45, 2.75) is 26.3 Å². The minimum Gasteiger partial charge on any atom is -0.469 e. The molecule has 0 saturated carbocycles. The molecule has 1 saturated heterocycles. The summed E-state index contributed by atoms with van der Waals surface area (Å²) >= 11 is 0. The van der Waals surface area contributed by atoms with Crippen LogP contribution in [0.4, 0.5) is 0 Å². The Bertz CT molecular complexity index is 327. The normalized spacial score (nSPS) is 16.7. The van der Waals surface area contributed by atoms with Crippen molar-refractivity contribution in [3.05, 3.63) is 0 Å². The van der Waals surface area contributed by atoms with Crippen molar-refractivity contribution in [1.82, 2.24) is 9.80 Å². The Morgan fingerprint density at radius 3 is 2.47 bits per heavy atom. The third-order valence-electron chi connectivity index (χ3n) is 2.78. The molecule has 1 aliphatic heterocycles. The van der Waals surface area contributed by atoms with E-state index in [2.05, 4.69) is 4.74 Å². The highest BCUT2D eigenvalue weighted by atomic mass is 16.5. The molecule has 0 aliphatic carbocycles. The quantitative estimate of drug-likeness (QED) is 0.498. The molecule has 0 atom stereocenters. The summed E-state index contributed by atoms with van der Waals surface area (Å²) < 4.78 is 4.49. The standard InChI is InChI=1S/C11H18N2O4/c1-8(2)13-7-6-12(10(15)11(13)16)5-4-9(14)17-3/h8H,4-7H2,1-3H3. The Morgan fingerprint density at radius 1 is 1.29 bits per heavy atom. The number of hydrogen-bond acceptors (Lipinski definition) is 4. The van der Waals surface area contributed by atoms with E-state index in [9.17, 15) is 14.4 Å². The first-order valence-electron chi connectivity index (χ1n) is 5.64. The van der Waals surface area contributed by atoms with Crippen LogP contribution in [0.25, 0.3) is 0 Å². The SMILES string of the molecule is COC(=O)CCN1CCN(C(C)C)C(=O)C1=O. The molecule has 0 aromatic heterocycles. The highest BCUT2D eigenvalue weighted by molar-refractivity contribution is 6.35. The van der Waals surface area contributed by atoms with Gasteiger partial charge in [0.2, 0.25) is 0 Å². The molecule has 0 N–H and O–H groups in total. The van der Waals surface area contributed by atoms with Crippen LogP contribution in [0.5, 0.6) is 0 Å². The van der Waals surface area contributed by atoms with Crippen LogP contribution in [0.15, 0.2) is 0 Å². The summed E-state index contributed by atoms with van der Waals surface area (Å²) in [7, 11) is 1.30. The second kappa shape index (κ2) is 5.65. The summed E-state index contributed by atoms with van der Waals surface area (Å²) in [5.41, 5.74) is 0. The minimum absolute atomic E-state index is 0.0224. The summed E-state index contributed by atoms with van der Waals surface area (Å²) in [5, 5.41) is 0. The number of hydrogen-bond donors (Lipinski definition) is 0. The van der Waals surface area contributed by atoms with Gasteiger partial charge in [-0.3, -0.25) is 14.4 Å². The topological polar surface area (TPSA) is 66.9 Å². The first kappa shape index (κ1) is 13.5. The summed E-state index contributed by atoms with van der Waals surface area (Å²) in [6.45, 7) is 4.97. The molecule has 0 aromatic carbocycles. The van der Waals surface area contributed by atoms with E-state index >= 15 is 0 Å². The third-order valence-corrected chi connectivity index (χ3v) is 2.78. The van der Waals surface area contributed by atoms with E-state index in [4.69, 9.17) is 0 Å². The molecular weight excluding hydrogens is 224 g/mol. The number of amides is 2. The minimum atomic E-state index is -0.533. The molecule has 2 amide bonds. The predicted molar refractivity (Wildman–Crippen MR) is 60.1 cm³/mol. The molecule has 1 heterocycles. The molecule has 0 bridgehead atoms. The van der Waals surface area contributed by atoms with E-state index in [1.807, 2.05) is 13.8 Å². The zero-order chi connectivity index (χ0) is 13.0. The maximum atomic E-state index is 11.7. The van der Waals surface area contributed by atoms with Crippen LogP contribution < -0.4 is 0 Å². The number of piperazine rings is 1. The first-order chi connectivity index (χ1) is 7.97. The smallest absolute Gasteiger partial charge is 0.312 e. The molecule has 1 aliphatic rings. The van der Waals surface area contributed by atoms with Crippen molar-refractivity contribution in [2.24, 2.45) is 0 Å². The van der Waals surface area contributed by atoms with Gasteiger partial charge in [-0.1, -0.05) is 0 Å². The van der Waals surface area contributed by atoms with Crippen molar-refractivity contribution in [3.63, 3.8) is 0 Å². The number of ether oxygens (including phenoxy) is 1. The van der Waals surface area contributed by atoms with Gasteiger partial charge in [-0.2, -0.15) is 0 Å².